The second kappa shape index (κ2) is 4.97. The first-order valence-corrected chi connectivity index (χ1v) is 7.63. The third-order valence-corrected chi connectivity index (χ3v) is 5.57. The number of rotatable bonds is 7. The summed E-state index contributed by atoms with van der Waals surface area (Å²) in [5, 5.41) is 3.83. The summed E-state index contributed by atoms with van der Waals surface area (Å²) in [6.07, 6.45) is 11.8. The van der Waals surface area contributed by atoms with Gasteiger partial charge < -0.3 is 10.1 Å². The Morgan fingerprint density at radius 2 is 2.17 bits per heavy atom. The van der Waals surface area contributed by atoms with Gasteiger partial charge in [0.2, 0.25) is 0 Å². The van der Waals surface area contributed by atoms with E-state index in [9.17, 15) is 0 Å². The Kier molecular flexibility index (Phi) is 3.50. The number of hydrogen-bond donors (Lipinski definition) is 1. The molecular weight excluding hydrogens is 222 g/mol. The summed E-state index contributed by atoms with van der Waals surface area (Å²) >= 11 is 0. The summed E-state index contributed by atoms with van der Waals surface area (Å²) in [5.74, 6) is 2.65. The van der Waals surface area contributed by atoms with Crippen molar-refractivity contribution in [3.63, 3.8) is 0 Å². The highest BCUT2D eigenvalue weighted by atomic mass is 16.5. The van der Waals surface area contributed by atoms with Crippen molar-refractivity contribution in [2.45, 2.75) is 45.1 Å². The van der Waals surface area contributed by atoms with Crippen molar-refractivity contribution in [1.82, 2.24) is 5.32 Å². The van der Waals surface area contributed by atoms with Gasteiger partial charge in [-0.15, -0.1) is 0 Å². The molecule has 4 atom stereocenters. The zero-order valence-corrected chi connectivity index (χ0v) is 11.8. The third kappa shape index (κ3) is 2.50. The Labute approximate surface area is 111 Å². The van der Waals surface area contributed by atoms with Crippen molar-refractivity contribution in [3.05, 3.63) is 12.2 Å². The van der Waals surface area contributed by atoms with Gasteiger partial charge in [-0.3, -0.25) is 0 Å². The Hall–Kier alpha value is -0.340. The Morgan fingerprint density at radius 3 is 2.72 bits per heavy atom. The lowest BCUT2D eigenvalue weighted by atomic mass is 9.87. The Balaban J connectivity index is 1.44. The minimum Gasteiger partial charge on any atom is -0.385 e. The van der Waals surface area contributed by atoms with Crippen LogP contribution in [0.4, 0.5) is 0 Å². The minimum absolute atomic E-state index is 0.581. The quantitative estimate of drug-likeness (QED) is 0.700. The van der Waals surface area contributed by atoms with E-state index in [1.807, 2.05) is 7.11 Å². The molecule has 0 aromatic heterocycles. The highest BCUT2D eigenvalue weighted by Gasteiger charge is 2.43. The molecule has 3 aliphatic rings. The molecule has 0 aliphatic heterocycles. The number of allylic oxidation sites excluding steroid dienone is 2. The van der Waals surface area contributed by atoms with Crippen LogP contribution in [0.1, 0.15) is 39.0 Å². The van der Waals surface area contributed by atoms with Crippen LogP contribution in [0.25, 0.3) is 0 Å². The summed E-state index contributed by atoms with van der Waals surface area (Å²) < 4.78 is 5.23. The van der Waals surface area contributed by atoms with Crippen LogP contribution in [-0.4, -0.2) is 26.3 Å². The second-order valence-corrected chi connectivity index (χ2v) is 6.86. The average Bonchev–Trinajstić information content (AvgIpc) is 2.84. The normalized spacial score (nSPS) is 37.1. The molecule has 0 amide bonds. The molecule has 2 bridgehead atoms. The molecular formula is C16H27NO. The largest absolute Gasteiger partial charge is 0.385 e. The molecule has 2 nitrogen and oxygen atoms in total. The molecule has 2 fully saturated rings. The first-order chi connectivity index (χ1) is 8.72. The SMILES string of the molecule is COCCC1(CNC(C)C2CC3C=CC2C3)CC1. The number of ether oxygens (including phenoxy) is 1. The van der Waals surface area contributed by atoms with E-state index in [1.165, 1.54) is 38.6 Å². The van der Waals surface area contributed by atoms with Crippen molar-refractivity contribution in [2.75, 3.05) is 20.3 Å². The summed E-state index contributed by atoms with van der Waals surface area (Å²) in [4.78, 5) is 0. The molecule has 1 N–H and O–H groups in total. The fourth-order valence-electron chi connectivity index (χ4n) is 3.94. The average molecular weight is 249 g/mol. The fourth-order valence-corrected chi connectivity index (χ4v) is 3.94. The molecule has 0 heterocycles. The molecule has 4 unspecified atom stereocenters. The van der Waals surface area contributed by atoms with Crippen LogP contribution in [0.5, 0.6) is 0 Å². The maximum atomic E-state index is 5.23. The Morgan fingerprint density at radius 1 is 1.33 bits per heavy atom. The molecule has 2 saturated carbocycles. The van der Waals surface area contributed by atoms with E-state index in [2.05, 4.69) is 24.4 Å². The van der Waals surface area contributed by atoms with Gasteiger partial charge in [0, 0.05) is 26.3 Å². The molecule has 0 saturated heterocycles. The van der Waals surface area contributed by atoms with Gasteiger partial charge in [-0.05, 0) is 62.2 Å². The van der Waals surface area contributed by atoms with Crippen molar-refractivity contribution in [1.29, 1.82) is 0 Å². The van der Waals surface area contributed by atoms with Gasteiger partial charge in [0.25, 0.3) is 0 Å². The van der Waals surface area contributed by atoms with Crippen LogP contribution < -0.4 is 5.32 Å². The zero-order chi connectivity index (χ0) is 12.6. The maximum absolute atomic E-state index is 5.23. The monoisotopic (exact) mass is 249 g/mol. The van der Waals surface area contributed by atoms with E-state index in [0.717, 1.165) is 24.4 Å². The van der Waals surface area contributed by atoms with Crippen molar-refractivity contribution < 1.29 is 4.74 Å². The van der Waals surface area contributed by atoms with Crippen LogP contribution in [-0.2, 0) is 4.74 Å². The highest BCUT2D eigenvalue weighted by molar-refractivity contribution is 5.11. The molecule has 0 aromatic carbocycles. The molecule has 0 aromatic rings. The van der Waals surface area contributed by atoms with E-state index in [4.69, 9.17) is 4.74 Å². The van der Waals surface area contributed by atoms with Gasteiger partial charge in [-0.1, -0.05) is 12.2 Å². The summed E-state index contributed by atoms with van der Waals surface area (Å²) in [7, 11) is 1.81. The summed E-state index contributed by atoms with van der Waals surface area (Å²) in [6.45, 7) is 4.52. The smallest absolute Gasteiger partial charge is 0.0468 e. The van der Waals surface area contributed by atoms with Gasteiger partial charge in [0.05, 0.1) is 0 Å². The van der Waals surface area contributed by atoms with E-state index < -0.39 is 0 Å². The zero-order valence-electron chi connectivity index (χ0n) is 11.8. The van der Waals surface area contributed by atoms with Crippen LogP contribution in [0.2, 0.25) is 0 Å². The highest BCUT2D eigenvalue weighted by Crippen LogP contribution is 2.49. The van der Waals surface area contributed by atoms with Crippen molar-refractivity contribution in [2.24, 2.45) is 23.2 Å². The number of methoxy groups -OCH3 is 1. The lowest BCUT2D eigenvalue weighted by molar-refractivity contribution is 0.168. The van der Waals surface area contributed by atoms with Crippen molar-refractivity contribution >= 4 is 0 Å². The maximum Gasteiger partial charge on any atom is 0.0468 e. The number of nitrogens with one attached hydrogen (secondary N) is 1. The predicted octanol–water partition coefficient (Wildman–Crippen LogP) is 2.99. The van der Waals surface area contributed by atoms with E-state index in [-0.39, 0.29) is 0 Å². The molecule has 18 heavy (non-hydrogen) atoms. The number of hydrogen-bond acceptors (Lipinski definition) is 2. The second-order valence-electron chi connectivity index (χ2n) is 6.86. The third-order valence-electron chi connectivity index (χ3n) is 5.57. The van der Waals surface area contributed by atoms with E-state index in [0.29, 0.717) is 11.5 Å². The minimum atomic E-state index is 0.581. The van der Waals surface area contributed by atoms with Gasteiger partial charge in [-0.2, -0.15) is 0 Å². The summed E-state index contributed by atoms with van der Waals surface area (Å²) in [5.41, 5.74) is 0.581. The summed E-state index contributed by atoms with van der Waals surface area (Å²) in [6, 6.07) is 0.685. The van der Waals surface area contributed by atoms with Crippen LogP contribution in [0.15, 0.2) is 12.2 Å². The van der Waals surface area contributed by atoms with Crippen molar-refractivity contribution in [3.8, 4) is 0 Å². The van der Waals surface area contributed by atoms with Gasteiger partial charge in [0.15, 0.2) is 0 Å². The molecule has 3 aliphatic carbocycles. The predicted molar refractivity (Wildman–Crippen MR) is 74.5 cm³/mol. The lowest BCUT2D eigenvalue weighted by Crippen LogP contribution is -2.39. The van der Waals surface area contributed by atoms with Gasteiger partial charge in [-0.25, -0.2) is 0 Å². The Bertz CT molecular complexity index is 321. The topological polar surface area (TPSA) is 21.3 Å². The van der Waals surface area contributed by atoms with Crippen LogP contribution in [0, 0.1) is 23.2 Å². The molecule has 2 heteroatoms. The van der Waals surface area contributed by atoms with E-state index >= 15 is 0 Å². The van der Waals surface area contributed by atoms with Crippen LogP contribution in [0.3, 0.4) is 0 Å². The molecule has 102 valence electrons. The standard InChI is InChI=1S/C16H27NO/c1-12(15-10-13-3-4-14(15)9-13)17-11-16(5-6-16)7-8-18-2/h3-4,12-15,17H,5-11H2,1-2H3. The molecule has 3 rings (SSSR count). The lowest BCUT2D eigenvalue weighted by Gasteiger charge is -2.28. The van der Waals surface area contributed by atoms with Crippen LogP contribution >= 0.6 is 0 Å². The molecule has 0 radical (unpaired) electrons. The first-order valence-electron chi connectivity index (χ1n) is 7.63. The van der Waals surface area contributed by atoms with E-state index in [1.54, 1.807) is 0 Å². The van der Waals surface area contributed by atoms with Gasteiger partial charge in [0.1, 0.15) is 0 Å². The fraction of sp³-hybridized carbons (Fsp3) is 0.875. The van der Waals surface area contributed by atoms with Gasteiger partial charge >= 0.3 is 0 Å². The molecule has 0 spiro atoms. The number of fused-ring (bicyclic) bond motifs is 2. The first kappa shape index (κ1) is 12.7.